The van der Waals surface area contributed by atoms with Crippen molar-refractivity contribution in [2.75, 3.05) is 60.9 Å². The van der Waals surface area contributed by atoms with E-state index in [4.69, 9.17) is 4.98 Å². The molecule has 7 heterocycles. The Kier molecular flexibility index (Phi) is 9.95. The van der Waals surface area contributed by atoms with E-state index in [9.17, 15) is 28.8 Å². The minimum atomic E-state index is -0.973. The number of pyridine rings is 2. The standard InChI is InChI=1S/C42H46N10O6/c1-25(53)32-20-27-22-44-42(47-37(27)51(40(32)57)28-4-2-3-5-28)45-35-10-7-30(23-43-35)50-18-16-48(17-19-50)24-26-12-14-49(15-13-26)29-6-8-31-33(21-29)41(58)52(39(31)56)34-9-11-36(54)46-38(34)55/h6-8,10,20-23,26,28,34H,2-5,9,11-19,24H2,1H3,(H,46,54,55)(H,43,44,45,47). The Hall–Kier alpha value is -6.03. The SMILES string of the molecule is CC(=O)c1cc2cnc(Nc3ccc(N4CCN(CC5CCN(c6ccc7c(c6)C(=O)N(C6CCC(=O)NC6=O)C7=O)CC5)CC4)cn3)nc2n(C2CCCC2)c1=O. The molecular formula is C42H46N10O6. The second kappa shape index (κ2) is 15.4. The predicted molar refractivity (Wildman–Crippen MR) is 216 cm³/mol. The Bertz CT molecular complexity index is 2380. The van der Waals surface area contributed by atoms with E-state index < -0.39 is 29.7 Å². The number of nitrogens with zero attached hydrogens (tertiary/aromatic N) is 8. The number of hydrogen-bond acceptors (Lipinski definition) is 13. The van der Waals surface area contributed by atoms with Gasteiger partial charge in [0.1, 0.15) is 17.5 Å². The van der Waals surface area contributed by atoms with Crippen LogP contribution in [0.4, 0.5) is 23.1 Å². The highest BCUT2D eigenvalue weighted by Crippen LogP contribution is 2.34. The third-order valence-electron chi connectivity index (χ3n) is 12.5. The minimum Gasteiger partial charge on any atom is -0.371 e. The summed E-state index contributed by atoms with van der Waals surface area (Å²) >= 11 is 0. The van der Waals surface area contributed by atoms with Crippen molar-refractivity contribution >= 4 is 63.6 Å². The molecule has 4 aromatic rings. The lowest BCUT2D eigenvalue weighted by molar-refractivity contribution is -0.136. The zero-order valence-corrected chi connectivity index (χ0v) is 32.5. The molecular weight excluding hydrogens is 741 g/mol. The normalized spacial score (nSPS) is 20.9. The average molecular weight is 787 g/mol. The molecule has 1 atom stereocenters. The van der Waals surface area contributed by atoms with Gasteiger partial charge in [-0.1, -0.05) is 12.8 Å². The number of amides is 4. The third-order valence-corrected chi connectivity index (χ3v) is 12.5. The van der Waals surface area contributed by atoms with Crippen molar-refractivity contribution < 1.29 is 24.0 Å². The Labute approximate surface area is 334 Å². The van der Waals surface area contributed by atoms with E-state index in [0.29, 0.717) is 39.8 Å². The van der Waals surface area contributed by atoms with Crippen LogP contribution in [-0.4, -0.2) is 111 Å². The van der Waals surface area contributed by atoms with Gasteiger partial charge in [-0.05, 0) is 81.3 Å². The summed E-state index contributed by atoms with van der Waals surface area (Å²) in [5, 5.41) is 6.10. The van der Waals surface area contributed by atoms with Crippen LogP contribution in [0.15, 0.2) is 53.6 Å². The van der Waals surface area contributed by atoms with E-state index in [0.717, 1.165) is 101 Å². The van der Waals surface area contributed by atoms with E-state index in [-0.39, 0.29) is 35.8 Å². The monoisotopic (exact) mass is 786 g/mol. The fourth-order valence-electron chi connectivity index (χ4n) is 9.28. The first kappa shape index (κ1) is 37.5. The van der Waals surface area contributed by atoms with Crippen molar-refractivity contribution in [3.05, 3.63) is 75.8 Å². The van der Waals surface area contributed by atoms with Gasteiger partial charge in [-0.25, -0.2) is 9.97 Å². The number of imide groups is 2. The first-order valence-electron chi connectivity index (χ1n) is 20.4. The van der Waals surface area contributed by atoms with Crippen LogP contribution in [0.2, 0.25) is 0 Å². The van der Waals surface area contributed by atoms with Gasteiger partial charge in [-0.2, -0.15) is 4.98 Å². The molecule has 300 valence electrons. The molecule has 9 rings (SSSR count). The molecule has 4 aliphatic heterocycles. The Balaban J connectivity index is 0.767. The van der Waals surface area contributed by atoms with Crippen LogP contribution in [0.5, 0.6) is 0 Å². The lowest BCUT2D eigenvalue weighted by Crippen LogP contribution is -2.54. The molecule has 1 unspecified atom stereocenters. The molecule has 16 heteroatoms. The van der Waals surface area contributed by atoms with Crippen molar-refractivity contribution in [3.8, 4) is 0 Å². The summed E-state index contributed by atoms with van der Waals surface area (Å²) in [6.07, 6.45) is 9.61. The lowest BCUT2D eigenvalue weighted by Gasteiger charge is -2.40. The number of benzene rings is 1. The summed E-state index contributed by atoms with van der Waals surface area (Å²) in [4.78, 5) is 98.1. The second-order valence-electron chi connectivity index (χ2n) is 16.1. The van der Waals surface area contributed by atoms with E-state index >= 15 is 0 Å². The highest BCUT2D eigenvalue weighted by Gasteiger charge is 2.45. The summed E-state index contributed by atoms with van der Waals surface area (Å²) in [7, 11) is 0. The molecule has 58 heavy (non-hydrogen) atoms. The van der Waals surface area contributed by atoms with E-state index in [2.05, 4.69) is 35.3 Å². The van der Waals surface area contributed by atoms with Crippen molar-refractivity contribution in [3.63, 3.8) is 0 Å². The van der Waals surface area contributed by atoms with Gasteiger partial charge in [0, 0.05) is 75.5 Å². The lowest BCUT2D eigenvalue weighted by atomic mass is 9.95. The molecule has 1 aliphatic carbocycles. The Morgan fingerprint density at radius 2 is 1.52 bits per heavy atom. The molecule has 0 spiro atoms. The number of hydrogen-bond donors (Lipinski definition) is 2. The third kappa shape index (κ3) is 7.09. The summed E-state index contributed by atoms with van der Waals surface area (Å²) in [6, 6.07) is 9.94. The molecule has 3 aromatic heterocycles. The van der Waals surface area contributed by atoms with Crippen molar-refractivity contribution in [2.24, 2.45) is 5.92 Å². The fourth-order valence-corrected chi connectivity index (χ4v) is 9.28. The number of carbonyl (C=O) groups excluding carboxylic acids is 5. The average Bonchev–Trinajstić information content (AvgIpc) is 3.84. The van der Waals surface area contributed by atoms with Crippen LogP contribution < -0.4 is 26.0 Å². The largest absolute Gasteiger partial charge is 0.371 e. The number of aromatic nitrogens is 4. The van der Waals surface area contributed by atoms with E-state index in [1.54, 1.807) is 29.0 Å². The maximum absolute atomic E-state index is 13.4. The van der Waals surface area contributed by atoms with Gasteiger partial charge in [0.2, 0.25) is 17.8 Å². The number of ketones is 1. The van der Waals surface area contributed by atoms with Gasteiger partial charge in [0.25, 0.3) is 17.4 Å². The highest BCUT2D eigenvalue weighted by atomic mass is 16.2. The maximum atomic E-state index is 13.4. The zero-order valence-electron chi connectivity index (χ0n) is 32.5. The van der Waals surface area contributed by atoms with Crippen LogP contribution in [-0.2, 0) is 9.59 Å². The van der Waals surface area contributed by atoms with Crippen molar-refractivity contribution in [2.45, 2.75) is 70.4 Å². The van der Waals surface area contributed by atoms with Crippen LogP contribution in [0.25, 0.3) is 11.0 Å². The predicted octanol–water partition coefficient (Wildman–Crippen LogP) is 3.69. The van der Waals surface area contributed by atoms with Gasteiger partial charge in [0.15, 0.2) is 5.78 Å². The van der Waals surface area contributed by atoms with Gasteiger partial charge >= 0.3 is 0 Å². The number of nitrogens with one attached hydrogen (secondary N) is 2. The summed E-state index contributed by atoms with van der Waals surface area (Å²) < 4.78 is 1.69. The quantitative estimate of drug-likeness (QED) is 0.185. The van der Waals surface area contributed by atoms with E-state index in [1.165, 1.54) is 6.92 Å². The van der Waals surface area contributed by atoms with Crippen LogP contribution in [0.1, 0.15) is 95.4 Å². The number of carbonyl (C=O) groups is 5. The van der Waals surface area contributed by atoms with Gasteiger partial charge < -0.3 is 15.1 Å². The van der Waals surface area contributed by atoms with Gasteiger partial charge in [0.05, 0.1) is 28.6 Å². The molecule has 2 N–H and O–H groups in total. The summed E-state index contributed by atoms with van der Waals surface area (Å²) in [5.41, 5.74) is 2.94. The Morgan fingerprint density at radius 1 is 0.793 bits per heavy atom. The highest BCUT2D eigenvalue weighted by molar-refractivity contribution is 6.23. The molecule has 1 aromatic carbocycles. The first-order valence-corrected chi connectivity index (χ1v) is 20.4. The molecule has 0 radical (unpaired) electrons. The molecule has 3 saturated heterocycles. The fraction of sp³-hybridized carbons (Fsp3) is 0.452. The first-order chi connectivity index (χ1) is 28.1. The topological polar surface area (TPSA) is 183 Å². The molecule has 1 saturated carbocycles. The van der Waals surface area contributed by atoms with Gasteiger partial charge in [-0.15, -0.1) is 0 Å². The molecule has 5 aliphatic rings. The smallest absolute Gasteiger partial charge is 0.263 e. The number of rotatable bonds is 9. The van der Waals surface area contributed by atoms with Crippen LogP contribution in [0, 0.1) is 5.92 Å². The second-order valence-corrected chi connectivity index (χ2v) is 16.1. The number of anilines is 4. The van der Waals surface area contributed by atoms with Crippen molar-refractivity contribution in [1.29, 1.82) is 0 Å². The van der Waals surface area contributed by atoms with E-state index in [1.807, 2.05) is 24.4 Å². The molecule has 4 fully saturated rings. The Morgan fingerprint density at radius 3 is 2.22 bits per heavy atom. The number of piperazine rings is 1. The van der Waals surface area contributed by atoms with Crippen molar-refractivity contribution in [1.82, 2.24) is 34.6 Å². The van der Waals surface area contributed by atoms with Crippen LogP contribution in [0.3, 0.4) is 0 Å². The zero-order chi connectivity index (χ0) is 40.1. The molecule has 16 nitrogen and oxygen atoms in total. The molecule has 4 amide bonds. The number of piperidine rings is 2. The maximum Gasteiger partial charge on any atom is 0.263 e. The summed E-state index contributed by atoms with van der Waals surface area (Å²) in [5.74, 6) is -0.745. The number of fused-ring (bicyclic) bond motifs is 2. The minimum absolute atomic E-state index is 0.0112. The number of Topliss-reactive ketones (excluding diaryl/α,β-unsaturated/α-hetero) is 1. The van der Waals surface area contributed by atoms with Crippen LogP contribution >= 0.6 is 0 Å². The summed E-state index contributed by atoms with van der Waals surface area (Å²) in [6.45, 7) is 7.81. The van der Waals surface area contributed by atoms with Gasteiger partial charge in [-0.3, -0.25) is 48.5 Å². The molecule has 0 bridgehead atoms.